The molecule has 15 aromatic carbocycles. The van der Waals surface area contributed by atoms with Crippen molar-refractivity contribution >= 4 is 176 Å². The first kappa shape index (κ1) is 53.3. The second-order valence-electron chi connectivity index (χ2n) is 26.1. The fourth-order valence-corrected chi connectivity index (χ4v) is 17.3. The van der Waals surface area contributed by atoms with E-state index in [2.05, 4.69) is 350 Å². The highest BCUT2D eigenvalue weighted by atomic mass is 16.3. The van der Waals surface area contributed by atoms with E-state index in [0.717, 1.165) is 165 Å². The van der Waals surface area contributed by atoms with Gasteiger partial charge in [-0.1, -0.05) is 231 Å². The smallest absolute Gasteiger partial charge is 0.252 e. The van der Waals surface area contributed by atoms with Gasteiger partial charge in [0.25, 0.3) is 6.71 Å². The Morgan fingerprint density at radius 1 is 0.214 bits per heavy atom. The van der Waals surface area contributed by atoms with Crippen molar-refractivity contribution in [3.05, 3.63) is 328 Å². The van der Waals surface area contributed by atoms with Crippen molar-refractivity contribution in [3.63, 3.8) is 0 Å². The minimum absolute atomic E-state index is 0.368. The first-order chi connectivity index (χ1) is 48.7. The number of hydrogen-bond acceptors (Lipinski definition) is 2. The summed E-state index contributed by atoms with van der Waals surface area (Å²) in [6, 6.07) is 121. The molecule has 0 unspecified atom stereocenters. The molecule has 0 amide bonds. The molecule has 0 radical (unpaired) electrons. The van der Waals surface area contributed by atoms with Gasteiger partial charge in [-0.2, -0.15) is 0 Å². The van der Waals surface area contributed by atoms with Crippen LogP contribution in [-0.4, -0.2) is 29.5 Å². The average molecular weight is 1250 g/mol. The predicted molar refractivity (Wildman–Crippen MR) is 410 cm³/mol. The number of fused-ring (bicyclic) bond motifs is 27. The van der Waals surface area contributed by atoms with Crippen LogP contribution in [-0.2, 0) is 0 Å². The number of aromatic nitrogens is 5. The van der Waals surface area contributed by atoms with Crippen molar-refractivity contribution in [2.45, 2.75) is 0 Å². The number of rotatable bonds is 3. The number of hydrogen-bond donors (Lipinski definition) is 0. The molecule has 0 aliphatic carbocycles. The van der Waals surface area contributed by atoms with E-state index in [-0.39, 0.29) is 6.71 Å². The highest BCUT2D eigenvalue weighted by Crippen LogP contribution is 2.47. The Hall–Kier alpha value is -13.0. The van der Waals surface area contributed by atoms with Crippen LogP contribution in [0.5, 0.6) is 0 Å². The third-order valence-electron chi connectivity index (χ3n) is 21.2. The number of benzene rings is 15. The van der Waals surface area contributed by atoms with E-state index < -0.39 is 0 Å². The maximum Gasteiger partial charge on any atom is 0.252 e. The normalized spacial score (nSPS) is 12.5. The van der Waals surface area contributed by atoms with Crippen LogP contribution in [0.15, 0.2) is 336 Å². The van der Waals surface area contributed by atoms with Gasteiger partial charge in [0.15, 0.2) is 0 Å². The lowest BCUT2D eigenvalue weighted by molar-refractivity contribution is 0.663. The zero-order valence-corrected chi connectivity index (χ0v) is 52.8. The van der Waals surface area contributed by atoms with Gasteiger partial charge in [0.05, 0.1) is 60.9 Å². The van der Waals surface area contributed by atoms with Gasteiger partial charge in [0.1, 0.15) is 22.3 Å². The van der Waals surface area contributed by atoms with Crippen LogP contribution in [0, 0.1) is 0 Å². The number of para-hydroxylation sites is 12. The predicted octanol–water partition coefficient (Wildman–Crippen LogP) is 21.5. The zero-order chi connectivity index (χ0) is 63.8. The Morgan fingerprint density at radius 3 is 0.786 bits per heavy atom. The summed E-state index contributed by atoms with van der Waals surface area (Å²) in [5.41, 5.74) is 22.6. The maximum atomic E-state index is 7.66. The second kappa shape index (κ2) is 20.2. The lowest BCUT2D eigenvalue weighted by Crippen LogP contribution is -2.59. The molecule has 0 atom stereocenters. The van der Waals surface area contributed by atoms with Gasteiger partial charge in [-0.05, 0) is 113 Å². The van der Waals surface area contributed by atoms with E-state index in [1.165, 1.54) is 32.5 Å². The summed E-state index contributed by atoms with van der Waals surface area (Å²) < 4.78 is 28.2. The molecule has 7 heterocycles. The highest BCUT2D eigenvalue weighted by molar-refractivity contribution is 7.00. The quantitative estimate of drug-likeness (QED) is 0.166. The SMILES string of the molecule is c1ccc2c(c1)oc1ccccc1c1c(-n3c4ccccc4c4ccccc43)c3c4ccccc4oc4ccccc4c4ccccc4n4c3c3c1n(c1ccccc21)-c1cc(-n2c5ccccc5c5ccccc52)ccc1B3c1ccc(-n2c3ccccc3c3ccccc32)cc1-4. The molecule has 0 spiro atoms. The van der Waals surface area contributed by atoms with Crippen LogP contribution in [0.3, 0.4) is 0 Å². The first-order valence-corrected chi connectivity index (χ1v) is 33.7. The minimum Gasteiger partial charge on any atom is -0.456 e. The van der Waals surface area contributed by atoms with Crippen LogP contribution in [0.2, 0.25) is 0 Å². The summed E-state index contributed by atoms with van der Waals surface area (Å²) in [5.74, 6) is 0. The molecule has 7 nitrogen and oxygen atoms in total. The van der Waals surface area contributed by atoms with Crippen LogP contribution in [0.4, 0.5) is 0 Å². The van der Waals surface area contributed by atoms with E-state index in [1.54, 1.807) is 0 Å². The van der Waals surface area contributed by atoms with Crippen molar-refractivity contribution < 1.29 is 8.83 Å². The van der Waals surface area contributed by atoms with Gasteiger partial charge < -0.3 is 31.7 Å². The van der Waals surface area contributed by atoms with Gasteiger partial charge in [0, 0.05) is 98.2 Å². The zero-order valence-electron chi connectivity index (χ0n) is 52.8. The van der Waals surface area contributed by atoms with Crippen LogP contribution >= 0.6 is 0 Å². The van der Waals surface area contributed by atoms with E-state index in [0.29, 0.717) is 0 Å². The van der Waals surface area contributed by atoms with E-state index in [4.69, 9.17) is 8.83 Å². The topological polar surface area (TPSA) is 50.9 Å². The second-order valence-corrected chi connectivity index (χ2v) is 26.1. The number of nitrogens with zero attached hydrogens (tertiary/aromatic N) is 5. The molecular weight excluding hydrogens is 1190 g/mol. The summed E-state index contributed by atoms with van der Waals surface area (Å²) in [7, 11) is 0. The fourth-order valence-electron chi connectivity index (χ4n) is 17.3. The standard InChI is InChI=1S/C90H54BN5O2/c1-13-37-71-57(25-1)58-26-2-14-38-72(58)92(71)55-49-51-69-79(53-55)95-77-43-19-7-31-63(77)65-33-9-21-45-81(65)97-83-47-23-11-35-67(83)85-88(94-75-41-17-5-29-61(75)62-30-6-18-42-76(62)94)86-68-36-12-24-48-84(68)98-82-46-22-10-34-66(82)64-32-8-20-44-78(64)96-80-54-56(50-52-70(80)91(69)87(89(85)95)90(86)96)93-73-39-15-3-27-59(73)60-28-4-16-40-74(60)93/h1-54H. The molecule has 2 aliphatic heterocycles. The van der Waals surface area contributed by atoms with E-state index in [1.807, 2.05) is 0 Å². The summed E-state index contributed by atoms with van der Waals surface area (Å²) in [5, 5.41) is 15.1. The monoisotopic (exact) mass is 1250 g/mol. The van der Waals surface area contributed by atoms with Gasteiger partial charge in [-0.15, -0.1) is 0 Å². The average Bonchev–Trinajstić information content (AvgIpc) is 0.858. The first-order valence-electron chi connectivity index (χ1n) is 33.7. The Bertz CT molecular complexity index is 6640. The van der Waals surface area contributed by atoms with Crippen molar-refractivity contribution in [1.82, 2.24) is 22.8 Å². The van der Waals surface area contributed by atoms with Gasteiger partial charge in [-0.25, -0.2) is 0 Å². The molecule has 454 valence electrons. The molecule has 22 rings (SSSR count). The molecule has 0 bridgehead atoms. The van der Waals surface area contributed by atoms with E-state index in [9.17, 15) is 0 Å². The van der Waals surface area contributed by atoms with Crippen molar-refractivity contribution in [3.8, 4) is 28.4 Å². The van der Waals surface area contributed by atoms with Crippen LogP contribution < -0.4 is 16.4 Å². The van der Waals surface area contributed by atoms with Gasteiger partial charge in [-0.3, -0.25) is 0 Å². The molecule has 98 heavy (non-hydrogen) atoms. The Kier molecular flexibility index (Phi) is 11.0. The van der Waals surface area contributed by atoms with Crippen molar-refractivity contribution in [1.29, 1.82) is 0 Å². The van der Waals surface area contributed by atoms with E-state index >= 15 is 0 Å². The fraction of sp³-hybridized carbons (Fsp3) is 0. The summed E-state index contributed by atoms with van der Waals surface area (Å²) in [6.07, 6.45) is 0. The van der Waals surface area contributed by atoms with Crippen LogP contribution in [0.25, 0.3) is 181 Å². The van der Waals surface area contributed by atoms with Gasteiger partial charge in [0.2, 0.25) is 0 Å². The third-order valence-corrected chi connectivity index (χ3v) is 21.2. The van der Waals surface area contributed by atoms with Gasteiger partial charge >= 0.3 is 0 Å². The van der Waals surface area contributed by atoms with Crippen LogP contribution in [0.1, 0.15) is 0 Å². The largest absolute Gasteiger partial charge is 0.456 e. The highest BCUT2D eigenvalue weighted by Gasteiger charge is 2.42. The molecule has 8 heteroatoms. The molecular formula is C90H54BN5O2. The lowest BCUT2D eigenvalue weighted by Gasteiger charge is -2.37. The maximum absolute atomic E-state index is 7.66. The lowest BCUT2D eigenvalue weighted by atomic mass is 9.34. The minimum atomic E-state index is -0.368. The molecule has 0 saturated heterocycles. The van der Waals surface area contributed by atoms with Crippen molar-refractivity contribution in [2.24, 2.45) is 0 Å². The molecule has 0 saturated carbocycles. The van der Waals surface area contributed by atoms with Crippen molar-refractivity contribution in [2.75, 3.05) is 0 Å². The summed E-state index contributed by atoms with van der Waals surface area (Å²) in [6.45, 7) is -0.368. The summed E-state index contributed by atoms with van der Waals surface area (Å²) in [4.78, 5) is 0. The molecule has 0 fully saturated rings. The third kappa shape index (κ3) is 7.27. The summed E-state index contributed by atoms with van der Waals surface area (Å²) >= 11 is 0. The molecule has 5 aromatic heterocycles. The Labute approximate surface area is 560 Å². The molecule has 20 aromatic rings. The Balaban J connectivity index is 1.10. The molecule has 2 aliphatic rings. The Morgan fingerprint density at radius 2 is 0.459 bits per heavy atom. The molecule has 0 N–H and O–H groups in total.